The van der Waals surface area contributed by atoms with Gasteiger partial charge in [-0.15, -0.1) is 0 Å². The van der Waals surface area contributed by atoms with Gasteiger partial charge in [0.2, 0.25) is 5.91 Å². The second kappa shape index (κ2) is 6.44. The Balaban J connectivity index is 1.74. The Labute approximate surface area is 133 Å². The molecule has 0 fully saturated rings. The number of para-hydroxylation sites is 2. The van der Waals surface area contributed by atoms with Gasteiger partial charge in [0.1, 0.15) is 6.54 Å². The molecule has 3 rings (SSSR count). The largest absolute Gasteiger partial charge is 0.350 e. The first-order valence-electron chi connectivity index (χ1n) is 7.40. The van der Waals surface area contributed by atoms with Crippen molar-refractivity contribution in [2.75, 3.05) is 0 Å². The number of carbonyl (C=O) groups is 1. The lowest BCUT2D eigenvalue weighted by Gasteiger charge is -2.10. The summed E-state index contributed by atoms with van der Waals surface area (Å²) in [5.74, 6) is -0.205. The number of hydrogen-bond donors (Lipinski definition) is 1. The fourth-order valence-electron chi connectivity index (χ4n) is 2.38. The maximum atomic E-state index is 12.2. The van der Waals surface area contributed by atoms with Crippen LogP contribution in [0.2, 0.25) is 0 Å². The van der Waals surface area contributed by atoms with Gasteiger partial charge in [-0.2, -0.15) is 0 Å². The number of benzene rings is 2. The van der Waals surface area contributed by atoms with E-state index in [2.05, 4.69) is 10.3 Å². The number of carbonyl (C=O) groups excluding carboxylic acids is 1. The van der Waals surface area contributed by atoms with Crippen LogP contribution >= 0.6 is 0 Å². The number of nitrogens with one attached hydrogen (secondary N) is 1. The first kappa shape index (κ1) is 15.0. The molecular weight excluding hydrogens is 290 g/mol. The SMILES string of the molecule is Cc1ccc(CNC(=O)Cn2c(=O)cnc3ccccc32)cc1. The third-order valence-electron chi connectivity index (χ3n) is 3.66. The molecule has 5 nitrogen and oxygen atoms in total. The smallest absolute Gasteiger partial charge is 0.269 e. The van der Waals surface area contributed by atoms with Crippen molar-refractivity contribution in [1.82, 2.24) is 14.9 Å². The number of aryl methyl sites for hydroxylation is 1. The molecule has 1 aromatic heterocycles. The van der Waals surface area contributed by atoms with Crippen molar-refractivity contribution in [3.8, 4) is 0 Å². The molecule has 0 spiro atoms. The van der Waals surface area contributed by atoms with Crippen LogP contribution in [0, 0.1) is 6.92 Å². The molecule has 1 heterocycles. The minimum Gasteiger partial charge on any atom is -0.350 e. The number of aromatic nitrogens is 2. The van der Waals surface area contributed by atoms with Gasteiger partial charge in [-0.25, -0.2) is 4.98 Å². The number of hydrogen-bond acceptors (Lipinski definition) is 3. The van der Waals surface area contributed by atoms with Gasteiger partial charge < -0.3 is 5.32 Å². The molecule has 1 N–H and O–H groups in total. The monoisotopic (exact) mass is 307 g/mol. The molecule has 5 heteroatoms. The molecule has 116 valence electrons. The molecule has 0 radical (unpaired) electrons. The minimum atomic E-state index is -0.283. The summed E-state index contributed by atoms with van der Waals surface area (Å²) in [6.07, 6.45) is 1.25. The zero-order valence-corrected chi connectivity index (χ0v) is 12.8. The Hall–Kier alpha value is -2.95. The van der Waals surface area contributed by atoms with Gasteiger partial charge in [0.25, 0.3) is 5.56 Å². The molecular formula is C18H17N3O2. The van der Waals surface area contributed by atoms with Gasteiger partial charge in [0.15, 0.2) is 0 Å². The van der Waals surface area contributed by atoms with Gasteiger partial charge in [0, 0.05) is 6.54 Å². The van der Waals surface area contributed by atoms with E-state index in [1.807, 2.05) is 49.4 Å². The highest BCUT2D eigenvalue weighted by atomic mass is 16.2. The molecule has 0 bridgehead atoms. The van der Waals surface area contributed by atoms with E-state index in [9.17, 15) is 9.59 Å². The average molecular weight is 307 g/mol. The zero-order valence-electron chi connectivity index (χ0n) is 12.8. The van der Waals surface area contributed by atoms with Crippen LogP contribution in [0.15, 0.2) is 59.5 Å². The molecule has 0 saturated carbocycles. The fraction of sp³-hybridized carbons (Fsp3) is 0.167. The molecule has 0 unspecified atom stereocenters. The summed E-state index contributed by atoms with van der Waals surface area (Å²) in [7, 11) is 0. The van der Waals surface area contributed by atoms with Crippen molar-refractivity contribution in [3.05, 3.63) is 76.2 Å². The van der Waals surface area contributed by atoms with E-state index in [4.69, 9.17) is 0 Å². The Morgan fingerprint density at radius 2 is 1.87 bits per heavy atom. The molecule has 0 aliphatic rings. The van der Waals surface area contributed by atoms with Gasteiger partial charge in [-0.3, -0.25) is 14.2 Å². The van der Waals surface area contributed by atoms with Crippen LogP contribution < -0.4 is 10.9 Å². The van der Waals surface area contributed by atoms with E-state index in [1.165, 1.54) is 16.3 Å². The summed E-state index contributed by atoms with van der Waals surface area (Å²) in [5.41, 5.74) is 3.27. The minimum absolute atomic E-state index is 0.0201. The van der Waals surface area contributed by atoms with Gasteiger partial charge in [0.05, 0.1) is 17.2 Å². The lowest BCUT2D eigenvalue weighted by atomic mass is 10.1. The predicted octanol–water partition coefficient (Wildman–Crippen LogP) is 2.02. The standard InChI is InChI=1S/C18H17N3O2/c1-13-6-8-14(9-7-13)10-20-17(22)12-21-16-5-3-2-4-15(16)19-11-18(21)23/h2-9,11H,10,12H2,1H3,(H,20,22). The van der Waals surface area contributed by atoms with E-state index in [0.29, 0.717) is 17.6 Å². The lowest BCUT2D eigenvalue weighted by Crippen LogP contribution is -2.32. The second-order valence-corrected chi connectivity index (χ2v) is 5.43. The second-order valence-electron chi connectivity index (χ2n) is 5.43. The molecule has 0 aliphatic carbocycles. The normalized spacial score (nSPS) is 10.7. The summed E-state index contributed by atoms with van der Waals surface area (Å²) >= 11 is 0. The molecule has 0 atom stereocenters. The summed E-state index contributed by atoms with van der Waals surface area (Å²) in [4.78, 5) is 28.2. The molecule has 2 aromatic carbocycles. The Kier molecular flexibility index (Phi) is 4.19. The third-order valence-corrected chi connectivity index (χ3v) is 3.66. The van der Waals surface area contributed by atoms with Crippen LogP contribution in [0.3, 0.4) is 0 Å². The first-order chi connectivity index (χ1) is 11.1. The van der Waals surface area contributed by atoms with Crippen molar-refractivity contribution in [2.24, 2.45) is 0 Å². The van der Waals surface area contributed by atoms with Crippen molar-refractivity contribution >= 4 is 16.9 Å². The van der Waals surface area contributed by atoms with Crippen LogP contribution in [-0.4, -0.2) is 15.5 Å². The van der Waals surface area contributed by atoms with E-state index in [1.54, 1.807) is 6.07 Å². The quantitative estimate of drug-likeness (QED) is 0.802. The highest BCUT2D eigenvalue weighted by Crippen LogP contribution is 2.08. The van der Waals surface area contributed by atoms with E-state index >= 15 is 0 Å². The number of rotatable bonds is 4. The number of amides is 1. The highest BCUT2D eigenvalue weighted by Gasteiger charge is 2.08. The topological polar surface area (TPSA) is 64.0 Å². The molecule has 1 amide bonds. The lowest BCUT2D eigenvalue weighted by molar-refractivity contribution is -0.121. The van der Waals surface area contributed by atoms with Crippen LogP contribution in [0.4, 0.5) is 0 Å². The van der Waals surface area contributed by atoms with Crippen LogP contribution in [0.5, 0.6) is 0 Å². The Morgan fingerprint density at radius 3 is 2.65 bits per heavy atom. The fourth-order valence-corrected chi connectivity index (χ4v) is 2.38. The van der Waals surface area contributed by atoms with Crippen molar-refractivity contribution in [2.45, 2.75) is 20.0 Å². The maximum Gasteiger partial charge on any atom is 0.269 e. The summed E-state index contributed by atoms with van der Waals surface area (Å²) in [6.45, 7) is 2.44. The summed E-state index contributed by atoms with van der Waals surface area (Å²) in [5, 5.41) is 2.84. The predicted molar refractivity (Wildman–Crippen MR) is 89.0 cm³/mol. The van der Waals surface area contributed by atoms with E-state index < -0.39 is 0 Å². The van der Waals surface area contributed by atoms with Crippen LogP contribution in [-0.2, 0) is 17.9 Å². The van der Waals surface area contributed by atoms with Crippen molar-refractivity contribution < 1.29 is 4.79 Å². The van der Waals surface area contributed by atoms with Gasteiger partial charge >= 0.3 is 0 Å². The average Bonchev–Trinajstić information content (AvgIpc) is 2.57. The number of nitrogens with zero attached hydrogens (tertiary/aromatic N) is 2. The van der Waals surface area contributed by atoms with E-state index in [0.717, 1.165) is 5.56 Å². The third kappa shape index (κ3) is 3.45. The zero-order chi connectivity index (χ0) is 16.2. The summed E-state index contributed by atoms with van der Waals surface area (Å²) in [6, 6.07) is 15.2. The molecule has 0 aliphatic heterocycles. The van der Waals surface area contributed by atoms with Crippen LogP contribution in [0.25, 0.3) is 11.0 Å². The first-order valence-corrected chi connectivity index (χ1v) is 7.40. The van der Waals surface area contributed by atoms with Gasteiger partial charge in [-0.1, -0.05) is 42.0 Å². The molecule has 0 saturated heterocycles. The Bertz CT molecular complexity index is 898. The van der Waals surface area contributed by atoms with Crippen molar-refractivity contribution in [3.63, 3.8) is 0 Å². The van der Waals surface area contributed by atoms with Gasteiger partial charge in [-0.05, 0) is 24.6 Å². The van der Waals surface area contributed by atoms with Crippen LogP contribution in [0.1, 0.15) is 11.1 Å². The molecule has 23 heavy (non-hydrogen) atoms. The highest BCUT2D eigenvalue weighted by molar-refractivity contribution is 5.79. The Morgan fingerprint density at radius 1 is 1.13 bits per heavy atom. The van der Waals surface area contributed by atoms with E-state index in [-0.39, 0.29) is 18.0 Å². The number of fused-ring (bicyclic) bond motifs is 1. The summed E-state index contributed by atoms with van der Waals surface area (Å²) < 4.78 is 1.44. The maximum absolute atomic E-state index is 12.2. The molecule has 3 aromatic rings. The van der Waals surface area contributed by atoms with Crippen molar-refractivity contribution in [1.29, 1.82) is 0 Å².